The van der Waals surface area contributed by atoms with E-state index in [9.17, 15) is 9.59 Å². The second kappa shape index (κ2) is 5.14. The Kier molecular flexibility index (Phi) is 3.88. The molecule has 0 saturated heterocycles. The summed E-state index contributed by atoms with van der Waals surface area (Å²) in [5.74, 6) is -0.557. The lowest BCUT2D eigenvalue weighted by molar-refractivity contribution is -0.232. The van der Waals surface area contributed by atoms with Gasteiger partial charge in [0.15, 0.2) is 5.60 Å². The van der Waals surface area contributed by atoms with Gasteiger partial charge in [-0.2, -0.15) is 0 Å². The van der Waals surface area contributed by atoms with Crippen LogP contribution in [0.25, 0.3) is 0 Å². The standard InChI is InChI=1S/C15H24O4/c1-11(16)18-13-7-6-9-14(3)8-4-5-10-15(13,14)19-12(2)17/h13H,4-10H2,1-3H3/t13-,14+,15-/m0/s1. The molecular formula is C15H24O4. The van der Waals surface area contributed by atoms with Gasteiger partial charge in [0.05, 0.1) is 0 Å². The van der Waals surface area contributed by atoms with E-state index in [1.807, 2.05) is 0 Å². The van der Waals surface area contributed by atoms with Gasteiger partial charge >= 0.3 is 11.9 Å². The molecule has 2 rings (SSSR count). The van der Waals surface area contributed by atoms with Crippen LogP contribution in [0.15, 0.2) is 0 Å². The van der Waals surface area contributed by atoms with Crippen LogP contribution in [-0.2, 0) is 19.1 Å². The van der Waals surface area contributed by atoms with E-state index in [1.165, 1.54) is 13.8 Å². The summed E-state index contributed by atoms with van der Waals surface area (Å²) in [5, 5.41) is 0. The SMILES string of the molecule is CC(=O)O[C@H]1CCC[C@@]2(C)CCCC[C@]12OC(C)=O. The molecule has 0 bridgehead atoms. The molecule has 2 aliphatic carbocycles. The molecule has 3 atom stereocenters. The number of ether oxygens (including phenoxy) is 2. The maximum Gasteiger partial charge on any atom is 0.303 e. The molecule has 2 fully saturated rings. The Morgan fingerprint density at radius 2 is 1.63 bits per heavy atom. The van der Waals surface area contributed by atoms with Gasteiger partial charge < -0.3 is 9.47 Å². The van der Waals surface area contributed by atoms with Crippen LogP contribution in [0.1, 0.15) is 65.7 Å². The first kappa shape index (κ1) is 14.4. The quantitative estimate of drug-likeness (QED) is 0.722. The van der Waals surface area contributed by atoms with Crippen molar-refractivity contribution < 1.29 is 19.1 Å². The van der Waals surface area contributed by atoms with Crippen molar-refractivity contribution in [3.8, 4) is 0 Å². The van der Waals surface area contributed by atoms with Crippen LogP contribution in [0, 0.1) is 5.41 Å². The van der Waals surface area contributed by atoms with Gasteiger partial charge in [-0.15, -0.1) is 0 Å². The van der Waals surface area contributed by atoms with Crippen LogP contribution in [0.3, 0.4) is 0 Å². The number of fused-ring (bicyclic) bond motifs is 1. The average molecular weight is 268 g/mol. The minimum absolute atomic E-state index is 0.0602. The Morgan fingerprint density at radius 1 is 1.00 bits per heavy atom. The molecule has 0 amide bonds. The zero-order valence-electron chi connectivity index (χ0n) is 12.2. The van der Waals surface area contributed by atoms with Crippen LogP contribution in [-0.4, -0.2) is 23.6 Å². The highest BCUT2D eigenvalue weighted by Crippen LogP contribution is 2.55. The minimum Gasteiger partial charge on any atom is -0.458 e. The number of carbonyl (C=O) groups excluding carboxylic acids is 2. The molecule has 4 nitrogen and oxygen atoms in total. The molecule has 2 saturated carbocycles. The zero-order chi connectivity index (χ0) is 14.1. The third-order valence-electron chi connectivity index (χ3n) is 4.90. The van der Waals surface area contributed by atoms with Crippen molar-refractivity contribution in [1.82, 2.24) is 0 Å². The second-order valence-electron chi connectivity index (χ2n) is 6.24. The molecule has 0 aromatic carbocycles. The number of esters is 2. The maximum absolute atomic E-state index is 11.6. The number of hydrogen-bond donors (Lipinski definition) is 0. The molecule has 0 heterocycles. The van der Waals surface area contributed by atoms with E-state index in [1.54, 1.807) is 0 Å². The molecule has 19 heavy (non-hydrogen) atoms. The first-order chi connectivity index (χ1) is 8.90. The third-order valence-corrected chi connectivity index (χ3v) is 4.90. The first-order valence-electron chi connectivity index (χ1n) is 7.26. The van der Waals surface area contributed by atoms with E-state index in [4.69, 9.17) is 9.47 Å². The Bertz CT molecular complexity index is 374. The fourth-order valence-corrected chi connectivity index (χ4v) is 4.06. The Labute approximate surface area is 114 Å². The fraction of sp³-hybridized carbons (Fsp3) is 0.867. The van der Waals surface area contributed by atoms with Gasteiger partial charge in [0.1, 0.15) is 6.10 Å². The van der Waals surface area contributed by atoms with E-state index in [-0.39, 0.29) is 23.5 Å². The predicted octanol–water partition coefficient (Wildman–Crippen LogP) is 2.98. The normalized spacial score (nSPS) is 38.2. The molecule has 0 radical (unpaired) electrons. The lowest BCUT2D eigenvalue weighted by atomic mass is 9.56. The van der Waals surface area contributed by atoms with Crippen LogP contribution in [0.2, 0.25) is 0 Å². The monoisotopic (exact) mass is 268 g/mol. The largest absolute Gasteiger partial charge is 0.458 e. The number of hydrogen-bond acceptors (Lipinski definition) is 4. The Balaban J connectivity index is 2.36. The molecule has 4 heteroatoms. The van der Waals surface area contributed by atoms with Crippen molar-refractivity contribution in [1.29, 1.82) is 0 Å². The van der Waals surface area contributed by atoms with Crippen LogP contribution in [0.5, 0.6) is 0 Å². The summed E-state index contributed by atoms with van der Waals surface area (Å²) in [5.41, 5.74) is -0.670. The summed E-state index contributed by atoms with van der Waals surface area (Å²) in [7, 11) is 0. The van der Waals surface area contributed by atoms with Crippen molar-refractivity contribution in [3.05, 3.63) is 0 Å². The highest BCUT2D eigenvalue weighted by molar-refractivity contribution is 5.68. The average Bonchev–Trinajstić information content (AvgIpc) is 2.29. The maximum atomic E-state index is 11.6. The molecule has 0 spiro atoms. The van der Waals surface area contributed by atoms with Crippen molar-refractivity contribution in [2.45, 2.75) is 77.4 Å². The minimum atomic E-state index is -0.610. The van der Waals surface area contributed by atoms with Crippen molar-refractivity contribution >= 4 is 11.9 Å². The number of rotatable bonds is 2. The van der Waals surface area contributed by atoms with Crippen LogP contribution in [0.4, 0.5) is 0 Å². The van der Waals surface area contributed by atoms with Crippen molar-refractivity contribution in [2.24, 2.45) is 5.41 Å². The highest BCUT2D eigenvalue weighted by atomic mass is 16.6. The van der Waals surface area contributed by atoms with E-state index >= 15 is 0 Å². The topological polar surface area (TPSA) is 52.6 Å². The summed E-state index contributed by atoms with van der Waals surface area (Å²) in [6.07, 6.45) is 6.61. The van der Waals surface area contributed by atoms with Gasteiger partial charge in [-0.25, -0.2) is 0 Å². The molecule has 108 valence electrons. The van der Waals surface area contributed by atoms with Gasteiger partial charge in [0.25, 0.3) is 0 Å². The van der Waals surface area contributed by atoms with Gasteiger partial charge in [-0.1, -0.05) is 13.3 Å². The van der Waals surface area contributed by atoms with E-state index in [0.29, 0.717) is 0 Å². The van der Waals surface area contributed by atoms with Crippen LogP contribution < -0.4 is 0 Å². The highest BCUT2D eigenvalue weighted by Gasteiger charge is 2.60. The summed E-state index contributed by atoms with van der Waals surface area (Å²) < 4.78 is 11.3. The van der Waals surface area contributed by atoms with E-state index in [0.717, 1.165) is 44.9 Å². The zero-order valence-corrected chi connectivity index (χ0v) is 12.2. The molecule has 0 N–H and O–H groups in total. The van der Waals surface area contributed by atoms with Crippen molar-refractivity contribution in [2.75, 3.05) is 0 Å². The molecule has 0 aromatic rings. The fourth-order valence-electron chi connectivity index (χ4n) is 4.06. The molecule has 2 aliphatic rings. The van der Waals surface area contributed by atoms with Gasteiger partial charge in [0, 0.05) is 19.3 Å². The smallest absolute Gasteiger partial charge is 0.303 e. The molecule has 0 unspecified atom stereocenters. The number of carbonyl (C=O) groups is 2. The summed E-state index contributed by atoms with van der Waals surface area (Å²) in [6, 6.07) is 0. The molecular weight excluding hydrogens is 244 g/mol. The van der Waals surface area contributed by atoms with E-state index in [2.05, 4.69) is 6.92 Å². The summed E-state index contributed by atoms with van der Waals surface area (Å²) in [6.45, 7) is 5.06. The van der Waals surface area contributed by atoms with Gasteiger partial charge in [0.2, 0.25) is 0 Å². The third kappa shape index (κ3) is 2.49. The van der Waals surface area contributed by atoms with Gasteiger partial charge in [-0.3, -0.25) is 9.59 Å². The molecule has 0 aliphatic heterocycles. The summed E-state index contributed by atoms with van der Waals surface area (Å²) in [4.78, 5) is 22.9. The lowest BCUT2D eigenvalue weighted by Crippen LogP contribution is -2.62. The molecule has 0 aromatic heterocycles. The lowest BCUT2D eigenvalue weighted by Gasteiger charge is -2.56. The second-order valence-corrected chi connectivity index (χ2v) is 6.24. The summed E-state index contributed by atoms with van der Waals surface area (Å²) >= 11 is 0. The Morgan fingerprint density at radius 3 is 2.26 bits per heavy atom. The van der Waals surface area contributed by atoms with E-state index < -0.39 is 5.60 Å². The van der Waals surface area contributed by atoms with Crippen LogP contribution >= 0.6 is 0 Å². The predicted molar refractivity (Wildman–Crippen MR) is 70.5 cm³/mol. The Hall–Kier alpha value is -1.06. The van der Waals surface area contributed by atoms with Gasteiger partial charge in [-0.05, 0) is 38.5 Å². The first-order valence-corrected chi connectivity index (χ1v) is 7.26. The van der Waals surface area contributed by atoms with Crippen molar-refractivity contribution in [3.63, 3.8) is 0 Å².